The van der Waals surface area contributed by atoms with Crippen LogP contribution in [0, 0.1) is 5.41 Å². The summed E-state index contributed by atoms with van der Waals surface area (Å²) in [6.07, 6.45) is -4.53. The summed E-state index contributed by atoms with van der Waals surface area (Å²) >= 11 is 0. The molecule has 1 saturated heterocycles. The number of ether oxygens (including phenoxy) is 1. The molecule has 0 spiro atoms. The van der Waals surface area contributed by atoms with E-state index in [4.69, 9.17) is 4.74 Å². The highest BCUT2D eigenvalue weighted by atomic mass is 19.4. The molecule has 7 heteroatoms. The van der Waals surface area contributed by atoms with Gasteiger partial charge in [0.1, 0.15) is 17.4 Å². The number of amides is 1. The topological polar surface area (TPSA) is 41.6 Å². The summed E-state index contributed by atoms with van der Waals surface area (Å²) in [5, 5.41) is 0.957. The van der Waals surface area contributed by atoms with Gasteiger partial charge in [0.25, 0.3) is 0 Å². The van der Waals surface area contributed by atoms with Gasteiger partial charge in [-0.3, -0.25) is 10.2 Å². The SMILES string of the molecule is CC(C)(C)Oc1cccc([C@H](N2CC(C)(C)C(=O)N2)C(F)(F)F)c1. The Bertz CT molecular complexity index is 621. The molecule has 4 nitrogen and oxygen atoms in total. The summed E-state index contributed by atoms with van der Waals surface area (Å²) in [6.45, 7) is 8.68. The Kier molecular flexibility index (Phi) is 4.61. The zero-order valence-corrected chi connectivity index (χ0v) is 14.5. The zero-order chi connectivity index (χ0) is 18.3. The van der Waals surface area contributed by atoms with Gasteiger partial charge in [-0.2, -0.15) is 13.2 Å². The first kappa shape index (κ1) is 18.6. The van der Waals surface area contributed by atoms with Crippen LogP contribution in [0.3, 0.4) is 0 Å². The van der Waals surface area contributed by atoms with Crippen molar-refractivity contribution in [2.45, 2.75) is 52.4 Å². The molecular weight excluding hydrogens is 321 g/mol. The minimum absolute atomic E-state index is 0.0274. The van der Waals surface area contributed by atoms with E-state index >= 15 is 0 Å². The van der Waals surface area contributed by atoms with Crippen LogP contribution in [0.1, 0.15) is 46.2 Å². The van der Waals surface area contributed by atoms with Crippen molar-refractivity contribution in [1.29, 1.82) is 0 Å². The van der Waals surface area contributed by atoms with Crippen LogP contribution in [-0.2, 0) is 4.79 Å². The van der Waals surface area contributed by atoms with Crippen molar-refractivity contribution in [2.75, 3.05) is 6.54 Å². The quantitative estimate of drug-likeness (QED) is 0.906. The highest BCUT2D eigenvalue weighted by Crippen LogP contribution is 2.41. The molecule has 0 saturated carbocycles. The summed E-state index contributed by atoms with van der Waals surface area (Å²) in [7, 11) is 0. The van der Waals surface area contributed by atoms with Crippen molar-refractivity contribution in [3.8, 4) is 5.75 Å². The van der Waals surface area contributed by atoms with E-state index in [-0.39, 0.29) is 12.1 Å². The lowest BCUT2D eigenvalue weighted by molar-refractivity contribution is -0.191. The van der Waals surface area contributed by atoms with Gasteiger partial charge in [0.2, 0.25) is 5.91 Å². The lowest BCUT2D eigenvalue weighted by atomic mass is 9.93. The van der Waals surface area contributed by atoms with E-state index in [1.54, 1.807) is 19.9 Å². The van der Waals surface area contributed by atoms with Crippen LogP contribution >= 0.6 is 0 Å². The summed E-state index contributed by atoms with van der Waals surface area (Å²) in [6, 6.07) is 3.99. The molecule has 1 N–H and O–H groups in total. The third-order valence-electron chi connectivity index (χ3n) is 3.65. The van der Waals surface area contributed by atoms with Crippen LogP contribution in [0.25, 0.3) is 0 Å². The Hall–Kier alpha value is -1.76. The van der Waals surface area contributed by atoms with Crippen LogP contribution in [0.5, 0.6) is 5.75 Å². The highest BCUT2D eigenvalue weighted by molar-refractivity contribution is 5.83. The average Bonchev–Trinajstić information content (AvgIpc) is 2.59. The largest absolute Gasteiger partial charge is 0.488 e. The lowest BCUT2D eigenvalue weighted by Crippen LogP contribution is -2.43. The van der Waals surface area contributed by atoms with Gasteiger partial charge in [-0.15, -0.1) is 0 Å². The Morgan fingerprint density at radius 1 is 1.25 bits per heavy atom. The number of hydrazine groups is 1. The van der Waals surface area contributed by atoms with Gasteiger partial charge in [0.05, 0.1) is 5.41 Å². The molecule has 1 aromatic carbocycles. The summed E-state index contributed by atoms with van der Waals surface area (Å²) in [5.74, 6) is -0.0575. The molecular formula is C17H23F3N2O2. The number of nitrogens with zero attached hydrogens (tertiary/aromatic N) is 1. The van der Waals surface area contributed by atoms with Crippen LogP contribution in [0.15, 0.2) is 24.3 Å². The minimum atomic E-state index is -4.53. The molecule has 1 aliphatic heterocycles. The number of carbonyl (C=O) groups excluding carboxylic acids is 1. The molecule has 1 atom stereocenters. The fourth-order valence-corrected chi connectivity index (χ4v) is 2.62. The Labute approximate surface area is 139 Å². The summed E-state index contributed by atoms with van der Waals surface area (Å²) in [5.41, 5.74) is 0.991. The third-order valence-corrected chi connectivity index (χ3v) is 3.65. The second-order valence-electron chi connectivity index (χ2n) is 7.68. The van der Waals surface area contributed by atoms with Crippen molar-refractivity contribution < 1.29 is 22.7 Å². The van der Waals surface area contributed by atoms with E-state index in [9.17, 15) is 18.0 Å². The predicted octanol–water partition coefficient (Wildman–Crippen LogP) is 3.84. The zero-order valence-electron chi connectivity index (χ0n) is 14.5. The van der Waals surface area contributed by atoms with E-state index in [2.05, 4.69) is 5.43 Å². The first-order chi connectivity index (χ1) is 10.8. The predicted molar refractivity (Wildman–Crippen MR) is 84.2 cm³/mol. The van der Waals surface area contributed by atoms with E-state index in [1.165, 1.54) is 18.2 Å². The van der Waals surface area contributed by atoms with Crippen LogP contribution in [0.4, 0.5) is 13.2 Å². The number of carbonyl (C=O) groups is 1. The Balaban J connectivity index is 2.37. The molecule has 1 heterocycles. The van der Waals surface area contributed by atoms with E-state index in [0.717, 1.165) is 5.01 Å². The first-order valence-electron chi connectivity index (χ1n) is 7.73. The van der Waals surface area contributed by atoms with E-state index in [0.29, 0.717) is 5.75 Å². The summed E-state index contributed by atoms with van der Waals surface area (Å²) in [4.78, 5) is 11.9. The minimum Gasteiger partial charge on any atom is -0.488 e. The van der Waals surface area contributed by atoms with Crippen molar-refractivity contribution >= 4 is 5.91 Å². The Morgan fingerprint density at radius 2 is 1.88 bits per heavy atom. The standard InChI is InChI=1S/C17H23F3N2O2/c1-15(2,3)24-12-8-6-7-11(9-12)13(17(18,19)20)22-10-16(4,5)14(23)21-22/h6-9,13H,10H2,1-5H3,(H,21,23)/t13-/m0/s1. The fraction of sp³-hybridized carbons (Fsp3) is 0.588. The van der Waals surface area contributed by atoms with Gasteiger partial charge >= 0.3 is 6.18 Å². The average molecular weight is 344 g/mol. The third kappa shape index (κ3) is 4.20. The molecule has 0 aromatic heterocycles. The highest BCUT2D eigenvalue weighted by Gasteiger charge is 2.51. The number of alkyl halides is 3. The lowest BCUT2D eigenvalue weighted by Gasteiger charge is -2.30. The van der Waals surface area contributed by atoms with Gasteiger partial charge in [-0.1, -0.05) is 12.1 Å². The van der Waals surface area contributed by atoms with E-state index in [1.807, 2.05) is 20.8 Å². The van der Waals surface area contributed by atoms with Crippen molar-refractivity contribution in [2.24, 2.45) is 5.41 Å². The molecule has 1 aliphatic rings. The number of nitrogens with one attached hydrogen (secondary N) is 1. The molecule has 0 aliphatic carbocycles. The Morgan fingerprint density at radius 3 is 2.33 bits per heavy atom. The maximum atomic E-state index is 13.7. The molecule has 1 aromatic rings. The first-order valence-corrected chi connectivity index (χ1v) is 7.73. The number of hydrogen-bond acceptors (Lipinski definition) is 3. The van der Waals surface area contributed by atoms with Crippen LogP contribution in [-0.4, -0.2) is 29.2 Å². The fourth-order valence-electron chi connectivity index (χ4n) is 2.62. The van der Waals surface area contributed by atoms with Crippen LogP contribution < -0.4 is 10.2 Å². The molecule has 0 bridgehead atoms. The van der Waals surface area contributed by atoms with Gasteiger partial charge in [-0.25, -0.2) is 5.01 Å². The molecule has 1 fully saturated rings. The maximum absolute atomic E-state index is 13.7. The molecule has 1 amide bonds. The van der Waals surface area contributed by atoms with E-state index < -0.39 is 29.1 Å². The van der Waals surface area contributed by atoms with Gasteiger partial charge < -0.3 is 4.74 Å². The second kappa shape index (κ2) is 5.95. The molecule has 0 radical (unpaired) electrons. The number of rotatable bonds is 3. The smallest absolute Gasteiger partial charge is 0.409 e. The van der Waals surface area contributed by atoms with Gasteiger partial charge in [-0.05, 0) is 52.3 Å². The van der Waals surface area contributed by atoms with Crippen molar-refractivity contribution in [1.82, 2.24) is 10.4 Å². The number of hydrogen-bond donors (Lipinski definition) is 1. The monoisotopic (exact) mass is 344 g/mol. The van der Waals surface area contributed by atoms with Gasteiger partial charge in [0.15, 0.2) is 0 Å². The normalized spacial score (nSPS) is 19.9. The maximum Gasteiger partial charge on any atom is 0.409 e. The molecule has 0 unspecified atom stereocenters. The number of halogens is 3. The van der Waals surface area contributed by atoms with Crippen molar-refractivity contribution in [3.63, 3.8) is 0 Å². The number of benzene rings is 1. The summed E-state index contributed by atoms with van der Waals surface area (Å²) < 4.78 is 46.7. The molecule has 134 valence electrons. The van der Waals surface area contributed by atoms with Crippen molar-refractivity contribution in [3.05, 3.63) is 29.8 Å². The molecule has 2 rings (SSSR count). The van der Waals surface area contributed by atoms with Crippen LogP contribution in [0.2, 0.25) is 0 Å². The van der Waals surface area contributed by atoms with Gasteiger partial charge in [0, 0.05) is 6.54 Å². The molecule has 24 heavy (non-hydrogen) atoms. The second-order valence-corrected chi connectivity index (χ2v) is 7.68.